The molecule has 0 aromatic rings. The number of hydrogen-bond donors (Lipinski definition) is 7. The van der Waals surface area contributed by atoms with Gasteiger partial charge in [0.15, 0.2) is 0 Å². The fraction of sp³-hybridized carbons (Fsp3) is 0.866. The van der Waals surface area contributed by atoms with Crippen LogP contribution in [0.15, 0.2) is 0 Å². The van der Waals surface area contributed by atoms with Gasteiger partial charge in [0.2, 0.25) is 41.4 Å². The number of ether oxygens (including phenoxy) is 2. The highest BCUT2D eigenvalue weighted by Crippen LogP contribution is 2.21. The normalized spacial score (nSPS) is 14.2. The van der Waals surface area contributed by atoms with E-state index in [-0.39, 0.29) is 113 Å². The molecule has 86 heavy (non-hydrogen) atoms. The lowest BCUT2D eigenvalue weighted by molar-refractivity contribution is -0.142. The second kappa shape index (κ2) is 55.6. The van der Waals surface area contributed by atoms with E-state index in [9.17, 15) is 48.3 Å². The van der Waals surface area contributed by atoms with E-state index in [0.717, 1.165) is 96.3 Å². The summed E-state index contributed by atoms with van der Waals surface area (Å²) >= 11 is 0. The van der Waals surface area contributed by atoms with Crippen molar-refractivity contribution in [3.05, 3.63) is 0 Å². The summed E-state index contributed by atoms with van der Waals surface area (Å²) in [5.41, 5.74) is 0. The van der Waals surface area contributed by atoms with Gasteiger partial charge >= 0.3 is 11.9 Å². The van der Waals surface area contributed by atoms with Crippen LogP contribution >= 0.6 is 0 Å². The largest absolute Gasteiger partial charge is 0.481 e. The molecule has 7 amide bonds. The van der Waals surface area contributed by atoms with Gasteiger partial charge in [-0.2, -0.15) is 0 Å². The number of rotatable bonds is 62. The third kappa shape index (κ3) is 45.6. The van der Waals surface area contributed by atoms with Gasteiger partial charge in [0.05, 0.1) is 26.4 Å². The van der Waals surface area contributed by atoms with Gasteiger partial charge in [-0.25, -0.2) is 4.79 Å². The van der Waals surface area contributed by atoms with Gasteiger partial charge in [0.1, 0.15) is 18.1 Å². The molecule has 19 heteroatoms. The molecule has 7 N–H and O–H groups in total. The first-order valence-electron chi connectivity index (χ1n) is 34.6. The Kier molecular flexibility index (Phi) is 51.4. The Bertz CT molecular complexity index is 1820. The minimum Gasteiger partial charge on any atom is -0.481 e. The SMILES string of the molecule is CCCCCCCCCCCCC(NC(=O)CCCCCN1C(=O)CC(C)C1=O)C(=O)NC(CCCCCCCCCCCC)C(=O)NCCOCCOCCC(=O)NCC(NC(=O)CCCCCCCCCCCCCCCCC(=O)O)C(=O)O. The number of carbonyl (C=O) groups excluding carboxylic acids is 7. The van der Waals surface area contributed by atoms with Crippen molar-refractivity contribution in [2.24, 2.45) is 5.92 Å². The second-order valence-corrected chi connectivity index (χ2v) is 24.3. The zero-order valence-electron chi connectivity index (χ0n) is 54.2. The molecule has 0 aromatic carbocycles. The molecular weight excluding hydrogens is 1100 g/mol. The molecule has 1 heterocycles. The minimum atomic E-state index is -1.25. The second-order valence-electron chi connectivity index (χ2n) is 24.3. The van der Waals surface area contributed by atoms with Crippen molar-refractivity contribution in [2.45, 2.75) is 321 Å². The molecule has 1 rings (SSSR count). The molecule has 4 unspecified atom stereocenters. The fourth-order valence-electron chi connectivity index (χ4n) is 10.9. The number of nitrogens with one attached hydrogen (secondary N) is 5. The molecule has 0 bridgehead atoms. The number of carboxylic acids is 2. The zero-order chi connectivity index (χ0) is 63.1. The maximum atomic E-state index is 14.1. The van der Waals surface area contributed by atoms with Gasteiger partial charge in [0, 0.05) is 57.7 Å². The number of nitrogens with zero attached hydrogens (tertiary/aromatic N) is 1. The Hall–Kier alpha value is -4.65. The van der Waals surface area contributed by atoms with E-state index in [2.05, 4.69) is 40.4 Å². The number of hydrogen-bond acceptors (Lipinski definition) is 11. The molecule has 498 valence electrons. The van der Waals surface area contributed by atoms with Gasteiger partial charge in [-0.05, 0) is 38.5 Å². The van der Waals surface area contributed by atoms with Crippen LogP contribution in [-0.2, 0) is 52.6 Å². The Morgan fingerprint density at radius 3 is 1.27 bits per heavy atom. The first-order valence-corrected chi connectivity index (χ1v) is 34.6. The van der Waals surface area contributed by atoms with Crippen LogP contribution in [0.4, 0.5) is 0 Å². The van der Waals surface area contributed by atoms with Crippen LogP contribution < -0.4 is 26.6 Å². The number of imide groups is 1. The topological polar surface area (TPSA) is 276 Å². The summed E-state index contributed by atoms with van der Waals surface area (Å²) in [4.78, 5) is 115. The lowest BCUT2D eigenvalue weighted by atomic mass is 10.0. The van der Waals surface area contributed by atoms with Gasteiger partial charge in [-0.15, -0.1) is 0 Å². The van der Waals surface area contributed by atoms with Crippen LogP contribution in [0.5, 0.6) is 0 Å². The molecule has 1 saturated heterocycles. The highest BCUT2D eigenvalue weighted by molar-refractivity contribution is 6.03. The number of aliphatic carboxylic acids is 2. The van der Waals surface area contributed by atoms with Crippen LogP contribution in [-0.4, -0.2) is 133 Å². The maximum absolute atomic E-state index is 14.1. The lowest BCUT2D eigenvalue weighted by Crippen LogP contribution is -2.54. The van der Waals surface area contributed by atoms with Gasteiger partial charge < -0.3 is 46.3 Å². The van der Waals surface area contributed by atoms with Crippen LogP contribution in [0.1, 0.15) is 303 Å². The smallest absolute Gasteiger partial charge is 0.328 e. The van der Waals surface area contributed by atoms with Gasteiger partial charge in [-0.1, -0.05) is 233 Å². The molecule has 1 aliphatic rings. The van der Waals surface area contributed by atoms with Crippen molar-refractivity contribution in [3.8, 4) is 0 Å². The lowest BCUT2D eigenvalue weighted by Gasteiger charge is -2.23. The van der Waals surface area contributed by atoms with E-state index >= 15 is 0 Å². The van der Waals surface area contributed by atoms with Crippen molar-refractivity contribution in [3.63, 3.8) is 0 Å². The van der Waals surface area contributed by atoms with E-state index in [1.807, 2.05) is 0 Å². The van der Waals surface area contributed by atoms with E-state index < -0.39 is 36.0 Å². The maximum Gasteiger partial charge on any atom is 0.328 e. The number of carboxylic acid groups (broad SMARTS) is 2. The van der Waals surface area contributed by atoms with Crippen molar-refractivity contribution >= 4 is 53.3 Å². The van der Waals surface area contributed by atoms with Crippen molar-refractivity contribution < 1.29 is 62.8 Å². The summed E-state index contributed by atoms with van der Waals surface area (Å²) in [5.74, 6) is -4.26. The summed E-state index contributed by atoms with van der Waals surface area (Å²) in [5, 5.41) is 32.4. The van der Waals surface area contributed by atoms with Crippen LogP contribution in [0.2, 0.25) is 0 Å². The molecule has 0 radical (unpaired) electrons. The van der Waals surface area contributed by atoms with E-state index in [1.165, 1.54) is 120 Å². The fourth-order valence-corrected chi connectivity index (χ4v) is 10.9. The van der Waals surface area contributed by atoms with Crippen molar-refractivity contribution in [2.75, 3.05) is 46.1 Å². The number of carbonyl (C=O) groups is 9. The standard InChI is InChI=1S/C67H122N6O13/c1-4-6-8-10-12-14-22-26-30-35-41-56(72-65(81)57(42-36-31-27-23-15-13-11-9-7-5-2)70-60(75)44-38-34-40-48-73-62(77)53-55(3)66(73)82)64(80)68-47-50-86-52-51-85-49-46-59(74)69-54-58(67(83)84)71-61(76)43-37-32-28-24-20-18-16-17-19-21-25-29-33-39-45-63(78)79/h55-58H,4-54H2,1-3H3,(H,68,80)(H,69,74)(H,70,75)(H,71,76)(H,72,81)(H,78,79)(H,83,84). The molecule has 19 nitrogen and oxygen atoms in total. The van der Waals surface area contributed by atoms with Crippen molar-refractivity contribution in [1.29, 1.82) is 0 Å². The first-order chi connectivity index (χ1) is 41.7. The predicted molar refractivity (Wildman–Crippen MR) is 339 cm³/mol. The quantitative estimate of drug-likeness (QED) is 0.0221. The number of amides is 7. The third-order valence-corrected chi connectivity index (χ3v) is 16.3. The first kappa shape index (κ1) is 79.4. The number of unbranched alkanes of at least 4 members (excludes halogenated alkanes) is 33. The van der Waals surface area contributed by atoms with Gasteiger partial charge in [-0.3, -0.25) is 43.3 Å². The van der Waals surface area contributed by atoms with Crippen LogP contribution in [0.25, 0.3) is 0 Å². The Morgan fingerprint density at radius 2 is 0.837 bits per heavy atom. The predicted octanol–water partition coefficient (Wildman–Crippen LogP) is 12.1. The molecule has 0 saturated carbocycles. The molecule has 4 atom stereocenters. The molecule has 0 aromatic heterocycles. The Morgan fingerprint density at radius 1 is 0.442 bits per heavy atom. The monoisotopic (exact) mass is 1220 g/mol. The molecule has 1 fully saturated rings. The summed E-state index contributed by atoms with van der Waals surface area (Å²) in [6, 6.07) is -2.85. The Labute approximate surface area is 519 Å². The van der Waals surface area contributed by atoms with Crippen LogP contribution in [0, 0.1) is 5.92 Å². The third-order valence-electron chi connectivity index (χ3n) is 16.3. The Balaban J connectivity index is 2.55. The summed E-state index contributed by atoms with van der Waals surface area (Å²) in [6.07, 6.45) is 41.2. The number of likely N-dealkylation sites (tertiary alicyclic amines) is 1. The average Bonchev–Trinajstić information content (AvgIpc) is 3.62. The van der Waals surface area contributed by atoms with E-state index in [4.69, 9.17) is 14.6 Å². The molecular formula is C67H122N6O13. The van der Waals surface area contributed by atoms with Gasteiger partial charge in [0.25, 0.3) is 0 Å². The highest BCUT2D eigenvalue weighted by Gasteiger charge is 2.35. The minimum absolute atomic E-state index is 0.0174. The molecule has 1 aliphatic heterocycles. The summed E-state index contributed by atoms with van der Waals surface area (Å²) < 4.78 is 11.3. The van der Waals surface area contributed by atoms with Crippen LogP contribution in [0.3, 0.4) is 0 Å². The average molecular weight is 1220 g/mol. The highest BCUT2D eigenvalue weighted by atomic mass is 16.5. The van der Waals surface area contributed by atoms with E-state index in [0.29, 0.717) is 45.1 Å². The van der Waals surface area contributed by atoms with E-state index in [1.54, 1.807) is 6.92 Å². The zero-order valence-corrected chi connectivity index (χ0v) is 54.2. The van der Waals surface area contributed by atoms with Crippen molar-refractivity contribution in [1.82, 2.24) is 31.5 Å². The summed E-state index contributed by atoms with van der Waals surface area (Å²) in [7, 11) is 0. The molecule has 0 spiro atoms. The summed E-state index contributed by atoms with van der Waals surface area (Å²) in [6.45, 7) is 7.11. The molecule has 0 aliphatic carbocycles.